The summed E-state index contributed by atoms with van der Waals surface area (Å²) in [6.45, 7) is 0.370. The molecule has 0 aromatic rings. The molecule has 1 aliphatic heterocycles. The average Bonchev–Trinajstić information content (AvgIpc) is 2.51. The monoisotopic (exact) mass is 312 g/mol. The molecule has 1 rings (SSSR count). The van der Waals surface area contributed by atoms with Crippen LogP contribution in [-0.2, 0) is 19.1 Å². The lowest BCUT2D eigenvalue weighted by Gasteiger charge is -2.07. The van der Waals surface area contributed by atoms with Crippen LogP contribution in [0.1, 0.15) is 89.9 Å². The zero-order chi connectivity index (χ0) is 15.9. The van der Waals surface area contributed by atoms with Crippen LogP contribution >= 0.6 is 0 Å². The lowest BCUT2D eigenvalue weighted by Crippen LogP contribution is -2.13. The zero-order valence-electron chi connectivity index (χ0n) is 13.9. The molecule has 0 spiro atoms. The predicted octanol–water partition coefficient (Wildman–Crippen LogP) is 4.55. The summed E-state index contributed by atoms with van der Waals surface area (Å²) in [5.74, 6) is -0.351. The van der Waals surface area contributed by atoms with E-state index in [1.807, 2.05) is 0 Å². The first-order valence-corrected chi connectivity index (χ1v) is 9.10. The van der Waals surface area contributed by atoms with Gasteiger partial charge >= 0.3 is 11.9 Å². The molecular weight excluding hydrogens is 280 g/mol. The first kappa shape index (κ1) is 19.0. The summed E-state index contributed by atoms with van der Waals surface area (Å²) in [5.41, 5.74) is 0. The highest BCUT2D eigenvalue weighted by atomic mass is 16.6. The molecule has 0 aromatic carbocycles. The SMILES string of the molecule is O=C1CCCCCCCCCCCCCCC(=O)OCCO1. The summed E-state index contributed by atoms with van der Waals surface area (Å²) >= 11 is 0. The second kappa shape index (κ2) is 13.6. The van der Waals surface area contributed by atoms with E-state index < -0.39 is 0 Å². The standard InChI is InChI=1S/C18H32O4/c19-17-13-11-9-7-5-3-1-2-4-6-8-10-12-14-18(20)22-16-15-21-17/h1-16H2. The molecule has 0 aromatic heterocycles. The molecule has 1 aliphatic rings. The van der Waals surface area contributed by atoms with Crippen LogP contribution < -0.4 is 0 Å². The third-order valence-corrected chi connectivity index (χ3v) is 4.12. The number of ether oxygens (including phenoxy) is 2. The van der Waals surface area contributed by atoms with E-state index in [4.69, 9.17) is 9.47 Å². The number of rotatable bonds is 0. The molecule has 128 valence electrons. The van der Waals surface area contributed by atoms with Crippen molar-refractivity contribution in [1.29, 1.82) is 0 Å². The first-order valence-electron chi connectivity index (χ1n) is 9.10. The number of hydrogen-bond donors (Lipinski definition) is 0. The van der Waals surface area contributed by atoms with Crippen LogP contribution in [-0.4, -0.2) is 25.2 Å². The Bertz CT molecular complexity index is 271. The molecule has 0 bridgehead atoms. The summed E-state index contributed by atoms with van der Waals surface area (Å²) in [6, 6.07) is 0. The van der Waals surface area contributed by atoms with Crippen molar-refractivity contribution >= 4 is 11.9 Å². The van der Waals surface area contributed by atoms with Gasteiger partial charge in [0.15, 0.2) is 0 Å². The van der Waals surface area contributed by atoms with Crippen LogP contribution in [0.2, 0.25) is 0 Å². The number of carbonyl (C=O) groups is 2. The highest BCUT2D eigenvalue weighted by Gasteiger charge is 2.06. The highest BCUT2D eigenvalue weighted by Crippen LogP contribution is 2.13. The second-order valence-electron chi connectivity index (χ2n) is 6.18. The Hall–Kier alpha value is -1.06. The van der Waals surface area contributed by atoms with E-state index in [-0.39, 0.29) is 25.2 Å². The number of cyclic esters (lactones) is 2. The summed E-state index contributed by atoms with van der Waals surface area (Å²) in [6.07, 6.45) is 15.2. The van der Waals surface area contributed by atoms with Gasteiger partial charge in [-0.2, -0.15) is 0 Å². The van der Waals surface area contributed by atoms with Crippen molar-refractivity contribution < 1.29 is 19.1 Å². The number of hydrogen-bond acceptors (Lipinski definition) is 4. The van der Waals surface area contributed by atoms with E-state index >= 15 is 0 Å². The van der Waals surface area contributed by atoms with E-state index in [0.717, 1.165) is 25.7 Å². The van der Waals surface area contributed by atoms with Crippen LogP contribution in [0.15, 0.2) is 0 Å². The maximum absolute atomic E-state index is 11.5. The van der Waals surface area contributed by atoms with Crippen LogP contribution in [0.25, 0.3) is 0 Å². The van der Waals surface area contributed by atoms with Crippen LogP contribution in [0.5, 0.6) is 0 Å². The normalized spacial score (nSPS) is 22.4. The Morgan fingerprint density at radius 2 is 0.727 bits per heavy atom. The molecule has 0 radical (unpaired) electrons. The van der Waals surface area contributed by atoms with Crippen molar-refractivity contribution in [1.82, 2.24) is 0 Å². The Kier molecular flexibility index (Phi) is 11.7. The molecule has 1 fully saturated rings. The molecule has 0 aliphatic carbocycles. The molecule has 4 heteroatoms. The third kappa shape index (κ3) is 11.6. The van der Waals surface area contributed by atoms with Crippen molar-refractivity contribution in [3.8, 4) is 0 Å². The quantitative estimate of drug-likeness (QED) is 0.616. The average molecular weight is 312 g/mol. The minimum Gasteiger partial charge on any atom is -0.462 e. The van der Waals surface area contributed by atoms with E-state index in [9.17, 15) is 9.59 Å². The van der Waals surface area contributed by atoms with Crippen molar-refractivity contribution in [2.75, 3.05) is 13.2 Å². The van der Waals surface area contributed by atoms with Gasteiger partial charge in [-0.15, -0.1) is 0 Å². The van der Waals surface area contributed by atoms with Gasteiger partial charge in [-0.05, 0) is 12.8 Å². The Balaban J connectivity index is 2.18. The molecule has 0 saturated carbocycles. The fourth-order valence-corrected chi connectivity index (χ4v) is 2.76. The summed E-state index contributed by atoms with van der Waals surface area (Å²) < 4.78 is 10.1. The molecule has 1 saturated heterocycles. The molecule has 0 atom stereocenters. The van der Waals surface area contributed by atoms with Crippen LogP contribution in [0, 0.1) is 0 Å². The van der Waals surface area contributed by atoms with E-state index in [1.165, 1.54) is 51.4 Å². The van der Waals surface area contributed by atoms with Gasteiger partial charge in [-0.25, -0.2) is 0 Å². The number of carbonyl (C=O) groups excluding carboxylic acids is 2. The number of esters is 2. The lowest BCUT2D eigenvalue weighted by molar-refractivity contribution is -0.152. The van der Waals surface area contributed by atoms with Gasteiger partial charge in [0.25, 0.3) is 0 Å². The van der Waals surface area contributed by atoms with E-state index in [2.05, 4.69) is 0 Å². The van der Waals surface area contributed by atoms with Gasteiger partial charge in [-0.3, -0.25) is 9.59 Å². The van der Waals surface area contributed by atoms with Crippen molar-refractivity contribution in [3.63, 3.8) is 0 Å². The minimum atomic E-state index is -0.176. The predicted molar refractivity (Wildman–Crippen MR) is 86.6 cm³/mol. The molecule has 22 heavy (non-hydrogen) atoms. The van der Waals surface area contributed by atoms with Crippen LogP contribution in [0.4, 0.5) is 0 Å². The van der Waals surface area contributed by atoms with Crippen LogP contribution in [0.3, 0.4) is 0 Å². The molecule has 4 nitrogen and oxygen atoms in total. The van der Waals surface area contributed by atoms with Crippen molar-refractivity contribution in [2.45, 2.75) is 89.9 Å². The van der Waals surface area contributed by atoms with Crippen molar-refractivity contribution in [3.05, 3.63) is 0 Å². The van der Waals surface area contributed by atoms with Gasteiger partial charge in [-0.1, -0.05) is 64.2 Å². The maximum Gasteiger partial charge on any atom is 0.305 e. The molecular formula is C18H32O4. The second-order valence-corrected chi connectivity index (χ2v) is 6.18. The topological polar surface area (TPSA) is 52.6 Å². The molecule has 1 heterocycles. The van der Waals surface area contributed by atoms with Gasteiger partial charge in [0.05, 0.1) is 0 Å². The Morgan fingerprint density at radius 1 is 0.455 bits per heavy atom. The molecule has 0 amide bonds. The fourth-order valence-electron chi connectivity index (χ4n) is 2.76. The van der Waals surface area contributed by atoms with Gasteiger partial charge < -0.3 is 9.47 Å². The first-order chi connectivity index (χ1) is 10.8. The summed E-state index contributed by atoms with van der Waals surface area (Å²) in [7, 11) is 0. The largest absolute Gasteiger partial charge is 0.462 e. The minimum absolute atomic E-state index is 0.176. The third-order valence-electron chi connectivity index (χ3n) is 4.12. The highest BCUT2D eigenvalue weighted by molar-refractivity contribution is 5.70. The summed E-state index contributed by atoms with van der Waals surface area (Å²) in [5, 5.41) is 0. The van der Waals surface area contributed by atoms with Gasteiger partial charge in [0, 0.05) is 12.8 Å². The van der Waals surface area contributed by atoms with E-state index in [0.29, 0.717) is 12.8 Å². The Morgan fingerprint density at radius 3 is 1.05 bits per heavy atom. The van der Waals surface area contributed by atoms with Gasteiger partial charge in [0.1, 0.15) is 13.2 Å². The molecule has 0 N–H and O–H groups in total. The molecule has 0 unspecified atom stereocenters. The maximum atomic E-state index is 11.5. The smallest absolute Gasteiger partial charge is 0.305 e. The fraction of sp³-hybridized carbons (Fsp3) is 0.889. The van der Waals surface area contributed by atoms with Gasteiger partial charge in [0.2, 0.25) is 0 Å². The summed E-state index contributed by atoms with van der Waals surface area (Å²) in [4.78, 5) is 23.0. The Labute approximate surface area is 134 Å². The van der Waals surface area contributed by atoms with E-state index in [1.54, 1.807) is 0 Å². The lowest BCUT2D eigenvalue weighted by atomic mass is 10.0. The zero-order valence-corrected chi connectivity index (χ0v) is 13.9. The van der Waals surface area contributed by atoms with Crippen molar-refractivity contribution in [2.24, 2.45) is 0 Å².